The van der Waals surface area contributed by atoms with Gasteiger partial charge in [0.2, 0.25) is 0 Å². The van der Waals surface area contributed by atoms with E-state index in [-0.39, 0.29) is 17.1 Å². The maximum absolute atomic E-state index is 12.4. The lowest BCUT2D eigenvalue weighted by Crippen LogP contribution is -2.21. The van der Waals surface area contributed by atoms with E-state index >= 15 is 0 Å². The van der Waals surface area contributed by atoms with Gasteiger partial charge >= 0.3 is 5.97 Å². The summed E-state index contributed by atoms with van der Waals surface area (Å²) < 4.78 is 16.1. The number of anilines is 1. The van der Waals surface area contributed by atoms with Crippen LogP contribution in [0.25, 0.3) is 0 Å². The van der Waals surface area contributed by atoms with Gasteiger partial charge in [-0.3, -0.25) is 14.9 Å². The number of carbonyl (C=O) groups is 2. The van der Waals surface area contributed by atoms with Crippen molar-refractivity contribution in [2.45, 2.75) is 38.5 Å². The maximum Gasteiger partial charge on any atom is 0.348 e. The zero-order chi connectivity index (χ0) is 21.8. The highest BCUT2D eigenvalue weighted by molar-refractivity contribution is 7.14. The third kappa shape index (κ3) is 4.96. The molecule has 1 aromatic heterocycles. The Morgan fingerprint density at radius 2 is 1.81 bits per heavy atom. The van der Waals surface area contributed by atoms with Crippen molar-refractivity contribution in [2.24, 2.45) is 0 Å². The van der Waals surface area contributed by atoms with Crippen LogP contribution in [0.1, 0.15) is 45.8 Å². The third-order valence-electron chi connectivity index (χ3n) is 5.12. The van der Waals surface area contributed by atoms with E-state index in [9.17, 15) is 19.7 Å². The van der Waals surface area contributed by atoms with Gasteiger partial charge in [0.15, 0.2) is 18.1 Å². The van der Waals surface area contributed by atoms with Gasteiger partial charge in [0.1, 0.15) is 10.6 Å². The van der Waals surface area contributed by atoms with Crippen molar-refractivity contribution in [3.8, 4) is 11.5 Å². The molecule has 2 aliphatic rings. The Kier molecular flexibility index (Phi) is 6.36. The molecular formula is C21H22N2O7S. The topological polar surface area (TPSA) is 117 Å². The average molecular weight is 446 g/mol. The molecule has 2 aromatic rings. The van der Waals surface area contributed by atoms with E-state index in [2.05, 4.69) is 5.32 Å². The van der Waals surface area contributed by atoms with Crippen LogP contribution >= 0.6 is 11.3 Å². The Labute approximate surface area is 182 Å². The minimum atomic E-state index is -0.677. The minimum absolute atomic E-state index is 0.0434. The van der Waals surface area contributed by atoms with Crippen molar-refractivity contribution in [3.05, 3.63) is 43.6 Å². The van der Waals surface area contributed by atoms with Crippen molar-refractivity contribution >= 4 is 34.6 Å². The molecule has 0 bridgehead atoms. The number of hydrogen-bond acceptors (Lipinski definition) is 8. The smallest absolute Gasteiger partial charge is 0.348 e. The number of nitrogens with one attached hydrogen (secondary N) is 1. The SMILES string of the molecule is O=C(COC(=O)c1cc2c(s1)CCCCC2)Nc1cc2c(cc1[N+](=O)[O-])OCCCO2. The first-order valence-corrected chi connectivity index (χ1v) is 11.0. The van der Waals surface area contributed by atoms with E-state index in [1.54, 1.807) is 0 Å². The number of hydrogen-bond donors (Lipinski definition) is 1. The first kappa shape index (κ1) is 21.1. The van der Waals surface area contributed by atoms with Gasteiger partial charge in [-0.05, 0) is 37.3 Å². The second kappa shape index (κ2) is 9.34. The van der Waals surface area contributed by atoms with Gasteiger partial charge < -0.3 is 19.5 Å². The van der Waals surface area contributed by atoms with Crippen LogP contribution in [0, 0.1) is 10.1 Å². The summed E-state index contributed by atoms with van der Waals surface area (Å²) >= 11 is 1.41. The highest BCUT2D eigenvalue weighted by atomic mass is 32.1. The Balaban J connectivity index is 1.41. The molecule has 0 spiro atoms. The largest absolute Gasteiger partial charge is 0.489 e. The number of carbonyl (C=O) groups excluding carboxylic acids is 2. The van der Waals surface area contributed by atoms with Crippen LogP contribution in [-0.4, -0.2) is 36.6 Å². The summed E-state index contributed by atoms with van der Waals surface area (Å²) in [5.74, 6) is -0.674. The molecule has 1 aromatic carbocycles. The van der Waals surface area contributed by atoms with Crippen LogP contribution in [0.2, 0.25) is 0 Å². The van der Waals surface area contributed by atoms with Gasteiger partial charge in [-0.15, -0.1) is 11.3 Å². The fourth-order valence-corrected chi connectivity index (χ4v) is 4.75. The maximum atomic E-state index is 12.4. The number of nitro benzene ring substituents is 1. The van der Waals surface area contributed by atoms with E-state index in [0.717, 1.165) is 25.7 Å². The third-order valence-corrected chi connectivity index (χ3v) is 6.34. The second-order valence-corrected chi connectivity index (χ2v) is 8.50. The van der Waals surface area contributed by atoms with Gasteiger partial charge in [-0.1, -0.05) is 6.42 Å². The van der Waals surface area contributed by atoms with Crippen molar-refractivity contribution < 1.29 is 28.7 Å². The Hall–Kier alpha value is -3.14. The second-order valence-electron chi connectivity index (χ2n) is 7.37. The zero-order valence-electron chi connectivity index (χ0n) is 16.8. The molecule has 164 valence electrons. The van der Waals surface area contributed by atoms with E-state index < -0.39 is 23.4 Å². The number of thiophene rings is 1. The summed E-state index contributed by atoms with van der Waals surface area (Å²) in [7, 11) is 0. The number of fused-ring (bicyclic) bond motifs is 2. The number of amides is 1. The molecule has 0 fully saturated rings. The van der Waals surface area contributed by atoms with Crippen molar-refractivity contribution in [3.63, 3.8) is 0 Å². The number of ether oxygens (including phenoxy) is 3. The van der Waals surface area contributed by atoms with Crippen molar-refractivity contribution in [2.75, 3.05) is 25.1 Å². The van der Waals surface area contributed by atoms with Crippen LogP contribution in [0.4, 0.5) is 11.4 Å². The molecule has 9 nitrogen and oxygen atoms in total. The molecule has 0 radical (unpaired) electrons. The summed E-state index contributed by atoms with van der Waals surface area (Å²) in [5, 5.41) is 13.9. The highest BCUT2D eigenvalue weighted by Crippen LogP contribution is 2.39. The van der Waals surface area contributed by atoms with Crippen LogP contribution in [0.5, 0.6) is 11.5 Å². The van der Waals surface area contributed by atoms with E-state index in [4.69, 9.17) is 14.2 Å². The highest BCUT2D eigenvalue weighted by Gasteiger charge is 2.24. The van der Waals surface area contributed by atoms with Crippen LogP contribution in [0.15, 0.2) is 18.2 Å². The average Bonchev–Trinajstić information content (AvgIpc) is 2.90. The predicted molar refractivity (Wildman–Crippen MR) is 113 cm³/mol. The zero-order valence-corrected chi connectivity index (χ0v) is 17.6. The molecule has 0 unspecified atom stereocenters. The van der Waals surface area contributed by atoms with Gasteiger partial charge in [-0.25, -0.2) is 4.79 Å². The number of nitro groups is 1. The molecule has 1 aliphatic carbocycles. The van der Waals surface area contributed by atoms with E-state index in [0.29, 0.717) is 30.3 Å². The quantitative estimate of drug-likeness (QED) is 0.320. The number of esters is 1. The van der Waals surface area contributed by atoms with E-state index in [1.165, 1.54) is 40.3 Å². The Morgan fingerprint density at radius 3 is 2.58 bits per heavy atom. The number of aryl methyl sites for hydroxylation is 2. The molecular weight excluding hydrogens is 424 g/mol. The molecule has 10 heteroatoms. The molecule has 1 aliphatic heterocycles. The molecule has 31 heavy (non-hydrogen) atoms. The minimum Gasteiger partial charge on any atom is -0.489 e. The lowest BCUT2D eigenvalue weighted by atomic mass is 10.1. The van der Waals surface area contributed by atoms with Crippen molar-refractivity contribution in [1.29, 1.82) is 0 Å². The normalized spacial score (nSPS) is 15.2. The van der Waals surface area contributed by atoms with E-state index in [1.807, 2.05) is 6.07 Å². The molecule has 0 saturated carbocycles. The lowest BCUT2D eigenvalue weighted by Gasteiger charge is -2.11. The Morgan fingerprint density at radius 1 is 1.06 bits per heavy atom. The van der Waals surface area contributed by atoms with Gasteiger partial charge in [-0.2, -0.15) is 0 Å². The summed E-state index contributed by atoms with van der Waals surface area (Å²) in [6.07, 6.45) is 5.96. The Bertz CT molecular complexity index is 994. The number of rotatable bonds is 5. The molecule has 1 N–H and O–H groups in total. The number of benzene rings is 1. The molecule has 2 heterocycles. The lowest BCUT2D eigenvalue weighted by molar-refractivity contribution is -0.384. The van der Waals surface area contributed by atoms with Crippen LogP contribution in [0.3, 0.4) is 0 Å². The van der Waals surface area contributed by atoms with Crippen molar-refractivity contribution in [1.82, 2.24) is 0 Å². The fraction of sp³-hybridized carbons (Fsp3) is 0.429. The predicted octanol–water partition coefficient (Wildman–Crippen LogP) is 3.88. The fourth-order valence-electron chi connectivity index (χ4n) is 3.61. The van der Waals surface area contributed by atoms with Crippen LogP contribution < -0.4 is 14.8 Å². The molecule has 0 saturated heterocycles. The standard InChI is InChI=1S/C21H22N2O7S/c24-20(12-30-21(25)19-9-13-5-2-1-3-6-18(13)31-19)22-14-10-16-17(11-15(14)23(26)27)29-8-4-7-28-16/h9-11H,1-8,12H2,(H,22,24). The van der Waals surface area contributed by atoms with Crippen LogP contribution in [-0.2, 0) is 22.4 Å². The summed E-state index contributed by atoms with van der Waals surface area (Å²) in [4.78, 5) is 37.2. The summed E-state index contributed by atoms with van der Waals surface area (Å²) in [6.45, 7) is 0.242. The molecule has 1 amide bonds. The van der Waals surface area contributed by atoms with Gasteiger partial charge in [0.05, 0.1) is 24.2 Å². The molecule has 4 rings (SSSR count). The first-order valence-electron chi connectivity index (χ1n) is 10.2. The monoisotopic (exact) mass is 446 g/mol. The summed E-state index contributed by atoms with van der Waals surface area (Å²) in [6, 6.07) is 4.43. The first-order chi connectivity index (χ1) is 15.0. The summed E-state index contributed by atoms with van der Waals surface area (Å²) in [5.41, 5.74) is 0.811. The number of nitrogens with zero attached hydrogens (tertiary/aromatic N) is 1. The molecule has 0 atom stereocenters. The van der Waals surface area contributed by atoms with Gasteiger partial charge in [0.25, 0.3) is 11.6 Å². The van der Waals surface area contributed by atoms with Gasteiger partial charge in [0, 0.05) is 17.4 Å².